The SMILES string of the molecule is I.NC(=NCC1CCN(c2ccc(Br)cc2)C1)Nc1ccc2c(c1)CCC2. The van der Waals surface area contributed by atoms with Crippen LogP contribution in [0.1, 0.15) is 24.0 Å². The van der Waals surface area contributed by atoms with E-state index in [1.54, 1.807) is 0 Å². The van der Waals surface area contributed by atoms with Crippen molar-refractivity contribution in [2.45, 2.75) is 25.7 Å². The van der Waals surface area contributed by atoms with Crippen LogP contribution >= 0.6 is 39.9 Å². The summed E-state index contributed by atoms with van der Waals surface area (Å²) in [6, 6.07) is 15.1. The number of hydrogen-bond donors (Lipinski definition) is 2. The van der Waals surface area contributed by atoms with Crippen LogP contribution in [0.25, 0.3) is 0 Å². The molecule has 1 aliphatic heterocycles. The van der Waals surface area contributed by atoms with Gasteiger partial charge in [-0.25, -0.2) is 0 Å². The minimum Gasteiger partial charge on any atom is -0.371 e. The maximum atomic E-state index is 6.11. The van der Waals surface area contributed by atoms with Crippen molar-refractivity contribution >= 4 is 57.2 Å². The first-order valence-electron chi connectivity index (χ1n) is 9.36. The molecule has 2 aromatic carbocycles. The van der Waals surface area contributed by atoms with Gasteiger partial charge in [-0.15, -0.1) is 24.0 Å². The highest BCUT2D eigenvalue weighted by Gasteiger charge is 2.22. The van der Waals surface area contributed by atoms with Crippen molar-refractivity contribution in [1.29, 1.82) is 0 Å². The Labute approximate surface area is 186 Å². The van der Waals surface area contributed by atoms with Gasteiger partial charge in [0.15, 0.2) is 5.96 Å². The molecule has 1 aliphatic carbocycles. The zero-order chi connectivity index (χ0) is 17.9. The molecular formula is C21H26BrIN4. The number of fused-ring (bicyclic) bond motifs is 1. The second kappa shape index (κ2) is 9.28. The summed E-state index contributed by atoms with van der Waals surface area (Å²) >= 11 is 3.49. The Morgan fingerprint density at radius 2 is 1.93 bits per heavy atom. The number of hydrogen-bond acceptors (Lipinski definition) is 2. The van der Waals surface area contributed by atoms with E-state index in [2.05, 4.69) is 73.6 Å². The van der Waals surface area contributed by atoms with Crippen molar-refractivity contribution in [2.75, 3.05) is 29.9 Å². The number of aliphatic imine (C=N–C) groups is 1. The molecule has 4 nitrogen and oxygen atoms in total. The smallest absolute Gasteiger partial charge is 0.193 e. The summed E-state index contributed by atoms with van der Waals surface area (Å²) in [5, 5.41) is 3.25. The molecule has 0 saturated carbocycles. The van der Waals surface area contributed by atoms with E-state index in [1.165, 1.54) is 36.1 Å². The first-order valence-corrected chi connectivity index (χ1v) is 10.2. The van der Waals surface area contributed by atoms with Crippen LogP contribution in [-0.2, 0) is 12.8 Å². The Morgan fingerprint density at radius 1 is 1.15 bits per heavy atom. The average Bonchev–Trinajstić information content (AvgIpc) is 3.29. The lowest BCUT2D eigenvalue weighted by Crippen LogP contribution is -2.25. The highest BCUT2D eigenvalue weighted by Crippen LogP contribution is 2.26. The Morgan fingerprint density at radius 3 is 2.74 bits per heavy atom. The summed E-state index contributed by atoms with van der Waals surface area (Å²) < 4.78 is 1.12. The fourth-order valence-electron chi connectivity index (χ4n) is 3.93. The van der Waals surface area contributed by atoms with Gasteiger partial charge in [0.25, 0.3) is 0 Å². The van der Waals surface area contributed by atoms with E-state index >= 15 is 0 Å². The molecule has 1 atom stereocenters. The summed E-state index contributed by atoms with van der Waals surface area (Å²) in [5.74, 6) is 1.07. The van der Waals surface area contributed by atoms with Gasteiger partial charge < -0.3 is 16.0 Å². The zero-order valence-electron chi connectivity index (χ0n) is 15.3. The lowest BCUT2D eigenvalue weighted by Gasteiger charge is -2.18. The van der Waals surface area contributed by atoms with Crippen LogP contribution in [0.4, 0.5) is 11.4 Å². The second-order valence-electron chi connectivity index (χ2n) is 7.27. The van der Waals surface area contributed by atoms with Crippen molar-refractivity contribution in [3.05, 3.63) is 58.1 Å². The minimum atomic E-state index is 0. The molecule has 0 amide bonds. The molecule has 0 spiro atoms. The predicted octanol–water partition coefficient (Wildman–Crippen LogP) is 4.81. The molecule has 27 heavy (non-hydrogen) atoms. The Hall–Kier alpha value is -1.28. The van der Waals surface area contributed by atoms with Crippen LogP contribution in [-0.4, -0.2) is 25.6 Å². The van der Waals surface area contributed by atoms with Gasteiger partial charge in [-0.3, -0.25) is 4.99 Å². The number of halogens is 2. The van der Waals surface area contributed by atoms with Crippen molar-refractivity contribution in [1.82, 2.24) is 0 Å². The molecule has 144 valence electrons. The van der Waals surface area contributed by atoms with Crippen LogP contribution < -0.4 is 16.0 Å². The Kier molecular flexibility index (Phi) is 7.03. The van der Waals surface area contributed by atoms with E-state index in [-0.39, 0.29) is 24.0 Å². The van der Waals surface area contributed by atoms with E-state index in [0.29, 0.717) is 11.9 Å². The number of nitrogens with one attached hydrogen (secondary N) is 1. The maximum Gasteiger partial charge on any atom is 0.193 e. The van der Waals surface area contributed by atoms with Gasteiger partial charge in [-0.05, 0) is 79.1 Å². The van der Waals surface area contributed by atoms with Crippen LogP contribution in [0.3, 0.4) is 0 Å². The number of benzene rings is 2. The lowest BCUT2D eigenvalue weighted by atomic mass is 10.1. The molecule has 0 aromatic heterocycles. The minimum absolute atomic E-state index is 0. The van der Waals surface area contributed by atoms with E-state index < -0.39 is 0 Å². The molecule has 2 aromatic rings. The predicted molar refractivity (Wildman–Crippen MR) is 128 cm³/mol. The second-order valence-corrected chi connectivity index (χ2v) is 8.18. The third-order valence-electron chi connectivity index (χ3n) is 5.37. The monoisotopic (exact) mass is 540 g/mol. The molecule has 3 N–H and O–H groups in total. The van der Waals surface area contributed by atoms with E-state index in [1.807, 2.05) is 0 Å². The van der Waals surface area contributed by atoms with Gasteiger partial charge in [0.2, 0.25) is 0 Å². The van der Waals surface area contributed by atoms with Crippen molar-refractivity contribution < 1.29 is 0 Å². The fraction of sp³-hybridized carbons (Fsp3) is 0.381. The number of aryl methyl sites for hydroxylation is 2. The number of nitrogens with zero attached hydrogens (tertiary/aromatic N) is 2. The van der Waals surface area contributed by atoms with Crippen LogP contribution in [0.2, 0.25) is 0 Å². The molecule has 0 radical (unpaired) electrons. The largest absolute Gasteiger partial charge is 0.371 e. The van der Waals surface area contributed by atoms with Crippen LogP contribution in [0, 0.1) is 5.92 Å². The summed E-state index contributed by atoms with van der Waals surface area (Å²) in [6.45, 7) is 2.90. The maximum absolute atomic E-state index is 6.11. The van der Waals surface area contributed by atoms with Gasteiger partial charge in [-0.1, -0.05) is 22.0 Å². The fourth-order valence-corrected chi connectivity index (χ4v) is 4.20. The standard InChI is InChI=1S/C21H25BrN4.HI/c22-18-5-8-20(9-6-18)26-11-10-15(14-26)13-24-21(23)25-19-7-4-16-2-1-3-17(16)12-19;/h4-9,12,15H,1-3,10-11,13-14H2,(H3,23,24,25);1H. The van der Waals surface area contributed by atoms with E-state index in [0.717, 1.165) is 36.2 Å². The topological polar surface area (TPSA) is 53.6 Å². The Bertz CT molecular complexity index is 806. The lowest BCUT2D eigenvalue weighted by molar-refractivity contribution is 0.603. The molecular weight excluding hydrogens is 515 g/mol. The van der Waals surface area contributed by atoms with Gasteiger partial charge >= 0.3 is 0 Å². The highest BCUT2D eigenvalue weighted by atomic mass is 127. The molecule has 1 heterocycles. The molecule has 2 aliphatic rings. The number of anilines is 2. The first-order chi connectivity index (χ1) is 12.7. The van der Waals surface area contributed by atoms with Crippen LogP contribution in [0.15, 0.2) is 51.9 Å². The van der Waals surface area contributed by atoms with E-state index in [4.69, 9.17) is 5.73 Å². The molecule has 4 rings (SSSR count). The molecule has 0 bridgehead atoms. The third-order valence-corrected chi connectivity index (χ3v) is 5.90. The number of rotatable bonds is 4. The van der Waals surface area contributed by atoms with Crippen molar-refractivity contribution in [3.8, 4) is 0 Å². The summed E-state index contributed by atoms with van der Waals surface area (Å²) in [4.78, 5) is 7.01. The Balaban J connectivity index is 0.00000210. The van der Waals surface area contributed by atoms with Crippen molar-refractivity contribution in [3.63, 3.8) is 0 Å². The van der Waals surface area contributed by atoms with Crippen molar-refractivity contribution in [2.24, 2.45) is 16.6 Å². The first kappa shape index (κ1) is 20.5. The van der Waals surface area contributed by atoms with Gasteiger partial charge in [-0.2, -0.15) is 0 Å². The third kappa shape index (κ3) is 5.16. The summed E-state index contributed by atoms with van der Waals surface area (Å²) in [7, 11) is 0. The summed E-state index contributed by atoms with van der Waals surface area (Å²) in [5.41, 5.74) is 11.4. The van der Waals surface area contributed by atoms with Gasteiger partial charge in [0.1, 0.15) is 0 Å². The molecule has 1 fully saturated rings. The van der Waals surface area contributed by atoms with Gasteiger partial charge in [0, 0.05) is 35.5 Å². The molecule has 1 unspecified atom stereocenters. The summed E-state index contributed by atoms with van der Waals surface area (Å²) in [6.07, 6.45) is 4.80. The highest BCUT2D eigenvalue weighted by molar-refractivity contribution is 14.0. The zero-order valence-corrected chi connectivity index (χ0v) is 19.2. The normalized spacial score (nSPS) is 18.9. The number of nitrogens with two attached hydrogens (primary N) is 1. The van der Waals surface area contributed by atoms with Crippen LogP contribution in [0.5, 0.6) is 0 Å². The average molecular weight is 541 g/mol. The quantitative estimate of drug-likeness (QED) is 0.332. The van der Waals surface area contributed by atoms with Gasteiger partial charge in [0.05, 0.1) is 0 Å². The van der Waals surface area contributed by atoms with E-state index in [9.17, 15) is 0 Å². The molecule has 1 saturated heterocycles. The number of guanidine groups is 1. The molecule has 6 heteroatoms.